The van der Waals surface area contributed by atoms with Crippen LogP contribution in [0.2, 0.25) is 10.0 Å². The van der Waals surface area contributed by atoms with Crippen molar-refractivity contribution in [1.29, 1.82) is 0 Å². The third-order valence-electron chi connectivity index (χ3n) is 5.64. The van der Waals surface area contributed by atoms with E-state index >= 15 is 0 Å². The highest BCUT2D eigenvalue weighted by molar-refractivity contribution is 6.36. The van der Waals surface area contributed by atoms with Crippen molar-refractivity contribution >= 4 is 50.9 Å². The molecule has 2 N–H and O–H groups in total. The van der Waals surface area contributed by atoms with E-state index < -0.39 is 5.91 Å². The van der Waals surface area contributed by atoms with E-state index in [-0.39, 0.29) is 0 Å². The number of nitrogens with zero attached hydrogens (tertiary/aromatic N) is 1. The van der Waals surface area contributed by atoms with Gasteiger partial charge in [-0.2, -0.15) is 0 Å². The van der Waals surface area contributed by atoms with E-state index in [9.17, 15) is 4.79 Å². The summed E-state index contributed by atoms with van der Waals surface area (Å²) < 4.78 is 2.15. The quantitative estimate of drug-likeness (QED) is 0.321. The second-order valence-electron chi connectivity index (χ2n) is 7.45. The Kier molecular flexibility index (Phi) is 4.93. The van der Waals surface area contributed by atoms with Crippen molar-refractivity contribution in [2.45, 2.75) is 6.54 Å². The molecule has 0 saturated heterocycles. The molecular formula is C26H18Cl2N2O. The minimum Gasteiger partial charge on any atom is -0.366 e. The molecule has 0 atom stereocenters. The summed E-state index contributed by atoms with van der Waals surface area (Å²) in [6.45, 7) is 0.471. The predicted octanol–water partition coefficient (Wildman–Crippen LogP) is 6.92. The Morgan fingerprint density at radius 2 is 1.48 bits per heavy atom. The zero-order valence-corrected chi connectivity index (χ0v) is 18.0. The van der Waals surface area contributed by atoms with Crippen LogP contribution in [-0.4, -0.2) is 10.5 Å². The highest BCUT2D eigenvalue weighted by Gasteiger charge is 2.18. The lowest BCUT2D eigenvalue weighted by molar-refractivity contribution is 0.100. The molecule has 0 aliphatic rings. The Morgan fingerprint density at radius 1 is 0.774 bits per heavy atom. The van der Waals surface area contributed by atoms with Crippen LogP contribution in [-0.2, 0) is 6.54 Å². The van der Waals surface area contributed by atoms with Gasteiger partial charge in [0.2, 0.25) is 5.91 Å². The number of nitrogens with two attached hydrogens (primary N) is 1. The molecule has 0 unspecified atom stereocenters. The van der Waals surface area contributed by atoms with Crippen LogP contribution in [0.15, 0.2) is 84.9 Å². The largest absolute Gasteiger partial charge is 0.366 e. The summed E-state index contributed by atoms with van der Waals surface area (Å²) in [5.74, 6) is -0.451. The number of carbonyl (C=O) groups excluding carboxylic acids is 1. The first-order chi connectivity index (χ1) is 15.0. The highest BCUT2D eigenvalue weighted by Crippen LogP contribution is 2.36. The van der Waals surface area contributed by atoms with Crippen LogP contribution in [0.25, 0.3) is 32.9 Å². The molecule has 0 saturated carbocycles. The van der Waals surface area contributed by atoms with Crippen LogP contribution < -0.4 is 5.73 Å². The van der Waals surface area contributed by atoms with Gasteiger partial charge in [0, 0.05) is 31.9 Å². The monoisotopic (exact) mass is 444 g/mol. The Labute approximate surface area is 189 Å². The minimum absolute atomic E-state index is 0.451. The van der Waals surface area contributed by atoms with Gasteiger partial charge in [-0.15, -0.1) is 0 Å². The first-order valence-electron chi connectivity index (χ1n) is 9.87. The van der Waals surface area contributed by atoms with Crippen LogP contribution in [0.1, 0.15) is 15.9 Å². The van der Waals surface area contributed by atoms with Crippen molar-refractivity contribution in [3.63, 3.8) is 0 Å². The van der Waals surface area contributed by atoms with Gasteiger partial charge in [0.15, 0.2) is 0 Å². The molecule has 0 radical (unpaired) electrons. The smallest absolute Gasteiger partial charge is 0.249 e. The molecule has 5 rings (SSSR count). The maximum absolute atomic E-state index is 12.2. The van der Waals surface area contributed by atoms with Crippen molar-refractivity contribution < 1.29 is 4.79 Å². The molecule has 1 aromatic heterocycles. The predicted molar refractivity (Wildman–Crippen MR) is 129 cm³/mol. The van der Waals surface area contributed by atoms with Crippen LogP contribution in [0.3, 0.4) is 0 Å². The fourth-order valence-corrected chi connectivity index (χ4v) is 4.69. The summed E-state index contributed by atoms with van der Waals surface area (Å²) in [6.07, 6.45) is 0. The summed E-state index contributed by atoms with van der Waals surface area (Å²) in [6, 6.07) is 27.6. The standard InChI is InChI=1S/C26H18Cl2N2O/c27-21-9-5-10-22(28)20(21)15-30-23-11-4-8-19(26(29)31)25(23)18-13-12-17(14-24(18)30)16-6-2-1-3-7-16/h1-14H,15H2,(H2,29,31). The molecule has 3 nitrogen and oxygen atoms in total. The van der Waals surface area contributed by atoms with Crippen LogP contribution >= 0.6 is 23.2 Å². The van der Waals surface area contributed by atoms with Crippen molar-refractivity contribution in [1.82, 2.24) is 4.57 Å². The Morgan fingerprint density at radius 3 is 2.19 bits per heavy atom. The van der Waals surface area contributed by atoms with E-state index in [0.29, 0.717) is 22.2 Å². The van der Waals surface area contributed by atoms with Crippen molar-refractivity contribution in [2.24, 2.45) is 5.73 Å². The number of carbonyl (C=O) groups is 1. The lowest BCUT2D eigenvalue weighted by Crippen LogP contribution is -2.11. The fraction of sp³-hybridized carbons (Fsp3) is 0.0385. The van der Waals surface area contributed by atoms with Gasteiger partial charge in [0.1, 0.15) is 0 Å². The molecular weight excluding hydrogens is 427 g/mol. The summed E-state index contributed by atoms with van der Waals surface area (Å²) in [4.78, 5) is 12.2. The van der Waals surface area contributed by atoms with E-state index in [1.165, 1.54) is 0 Å². The van der Waals surface area contributed by atoms with Crippen LogP contribution in [0.5, 0.6) is 0 Å². The van der Waals surface area contributed by atoms with Gasteiger partial charge >= 0.3 is 0 Å². The molecule has 0 fully saturated rings. The number of hydrogen-bond acceptors (Lipinski definition) is 1. The first kappa shape index (κ1) is 19.7. The van der Waals surface area contributed by atoms with E-state index in [1.807, 2.05) is 48.5 Å². The van der Waals surface area contributed by atoms with Crippen molar-refractivity contribution in [3.8, 4) is 11.1 Å². The zero-order valence-electron chi connectivity index (χ0n) is 16.5. The van der Waals surface area contributed by atoms with Gasteiger partial charge in [0.05, 0.1) is 17.6 Å². The van der Waals surface area contributed by atoms with Gasteiger partial charge in [-0.3, -0.25) is 4.79 Å². The van der Waals surface area contributed by atoms with Crippen LogP contribution in [0.4, 0.5) is 0 Å². The maximum Gasteiger partial charge on any atom is 0.249 e. The molecule has 4 aromatic carbocycles. The number of amides is 1. The molecule has 31 heavy (non-hydrogen) atoms. The lowest BCUT2D eigenvalue weighted by Gasteiger charge is -2.12. The summed E-state index contributed by atoms with van der Waals surface area (Å²) >= 11 is 13.0. The fourth-order valence-electron chi connectivity index (χ4n) is 4.17. The third-order valence-corrected chi connectivity index (χ3v) is 6.35. The molecule has 0 spiro atoms. The average molecular weight is 445 g/mol. The van der Waals surface area contributed by atoms with Crippen LogP contribution in [0, 0.1) is 0 Å². The number of benzene rings is 4. The number of primary amides is 1. The number of hydrogen-bond donors (Lipinski definition) is 1. The Hall–Kier alpha value is -3.27. The molecule has 5 heteroatoms. The summed E-state index contributed by atoms with van der Waals surface area (Å²) in [7, 11) is 0. The Bertz CT molecular complexity index is 1440. The highest BCUT2D eigenvalue weighted by atomic mass is 35.5. The SMILES string of the molecule is NC(=O)c1cccc2c1c1ccc(-c3ccccc3)cc1n2Cc1c(Cl)cccc1Cl. The number of rotatable bonds is 4. The first-order valence-corrected chi connectivity index (χ1v) is 10.6. The topological polar surface area (TPSA) is 48.0 Å². The average Bonchev–Trinajstić information content (AvgIpc) is 3.10. The van der Waals surface area contributed by atoms with E-state index in [2.05, 4.69) is 34.9 Å². The minimum atomic E-state index is -0.451. The number of aromatic nitrogens is 1. The summed E-state index contributed by atoms with van der Waals surface area (Å²) in [5, 5.41) is 3.01. The van der Waals surface area contributed by atoms with Gasteiger partial charge in [-0.25, -0.2) is 0 Å². The normalized spacial score (nSPS) is 11.3. The maximum atomic E-state index is 12.2. The molecule has 0 bridgehead atoms. The molecule has 5 aromatic rings. The molecule has 0 aliphatic heterocycles. The van der Waals surface area contributed by atoms with Gasteiger partial charge in [0.25, 0.3) is 0 Å². The summed E-state index contributed by atoms with van der Waals surface area (Å²) in [5.41, 5.74) is 11.1. The Balaban J connectivity index is 1.84. The van der Waals surface area contributed by atoms with Gasteiger partial charge in [-0.1, -0.05) is 77.8 Å². The second kappa shape index (κ2) is 7.77. The van der Waals surface area contributed by atoms with E-state index in [0.717, 1.165) is 38.5 Å². The molecule has 0 aliphatic carbocycles. The van der Waals surface area contributed by atoms with Crippen molar-refractivity contribution in [3.05, 3.63) is 106 Å². The van der Waals surface area contributed by atoms with Gasteiger partial charge < -0.3 is 10.3 Å². The molecule has 1 amide bonds. The molecule has 1 heterocycles. The van der Waals surface area contributed by atoms with E-state index in [4.69, 9.17) is 28.9 Å². The van der Waals surface area contributed by atoms with Gasteiger partial charge in [-0.05, 0) is 41.5 Å². The van der Waals surface area contributed by atoms with Crippen molar-refractivity contribution in [2.75, 3.05) is 0 Å². The second-order valence-corrected chi connectivity index (χ2v) is 8.26. The number of halogens is 2. The number of fused-ring (bicyclic) bond motifs is 3. The lowest BCUT2D eigenvalue weighted by atomic mass is 10.0. The zero-order chi connectivity index (χ0) is 21.5. The third kappa shape index (κ3) is 3.36. The van der Waals surface area contributed by atoms with E-state index in [1.54, 1.807) is 6.07 Å². The molecule has 152 valence electrons.